The van der Waals surface area contributed by atoms with Crippen LogP contribution >= 0.6 is 0 Å². The molecule has 98 valence electrons. The first-order valence-corrected chi connectivity index (χ1v) is 6.52. The number of carbonyl (C=O) groups excluding carboxylic acids is 1. The van der Waals surface area contributed by atoms with Crippen molar-refractivity contribution >= 4 is 5.91 Å². The van der Waals surface area contributed by atoms with Crippen LogP contribution in [0.1, 0.15) is 18.4 Å². The lowest BCUT2D eigenvalue weighted by Crippen LogP contribution is -2.41. The third-order valence-corrected chi connectivity index (χ3v) is 3.32. The Labute approximate surface area is 107 Å². The highest BCUT2D eigenvalue weighted by Crippen LogP contribution is 2.11. The van der Waals surface area contributed by atoms with Gasteiger partial charge in [0, 0.05) is 13.1 Å². The van der Waals surface area contributed by atoms with Crippen molar-refractivity contribution in [3.63, 3.8) is 0 Å². The van der Waals surface area contributed by atoms with Gasteiger partial charge in [-0.3, -0.25) is 4.79 Å². The van der Waals surface area contributed by atoms with E-state index in [1.807, 2.05) is 12.1 Å². The third kappa shape index (κ3) is 3.74. The summed E-state index contributed by atoms with van der Waals surface area (Å²) in [6, 6.07) is 7.09. The van der Waals surface area contributed by atoms with E-state index in [4.69, 9.17) is 5.11 Å². The first kappa shape index (κ1) is 12.9. The number of hydrogen-bond acceptors (Lipinski definition) is 3. The van der Waals surface area contributed by atoms with Crippen LogP contribution in [0.2, 0.25) is 0 Å². The van der Waals surface area contributed by atoms with Crippen molar-refractivity contribution in [1.82, 2.24) is 10.6 Å². The van der Waals surface area contributed by atoms with Gasteiger partial charge >= 0.3 is 0 Å². The quantitative estimate of drug-likeness (QED) is 0.746. The van der Waals surface area contributed by atoms with Gasteiger partial charge in [0.15, 0.2) is 0 Å². The minimum Gasteiger partial charge on any atom is -0.508 e. The highest BCUT2D eigenvalue weighted by molar-refractivity contribution is 5.78. The van der Waals surface area contributed by atoms with Crippen molar-refractivity contribution in [1.29, 1.82) is 0 Å². The van der Waals surface area contributed by atoms with Gasteiger partial charge in [-0.25, -0.2) is 0 Å². The van der Waals surface area contributed by atoms with Crippen molar-refractivity contribution < 1.29 is 9.90 Å². The molecule has 0 unspecified atom stereocenters. The van der Waals surface area contributed by atoms with Gasteiger partial charge < -0.3 is 15.7 Å². The fourth-order valence-electron chi connectivity index (χ4n) is 2.21. The maximum Gasteiger partial charge on any atom is 0.224 e. The molecule has 1 fully saturated rings. The van der Waals surface area contributed by atoms with Crippen LogP contribution in [-0.2, 0) is 11.2 Å². The maximum absolute atomic E-state index is 11.9. The average Bonchev–Trinajstić information content (AvgIpc) is 2.42. The lowest BCUT2D eigenvalue weighted by Gasteiger charge is -2.21. The summed E-state index contributed by atoms with van der Waals surface area (Å²) in [6.07, 6.45) is 2.86. The first-order valence-electron chi connectivity index (χ1n) is 6.52. The van der Waals surface area contributed by atoms with E-state index >= 15 is 0 Å². The second-order valence-corrected chi connectivity index (χ2v) is 4.75. The van der Waals surface area contributed by atoms with Crippen LogP contribution in [0, 0.1) is 5.92 Å². The average molecular weight is 248 g/mol. The Balaban J connectivity index is 1.71. The molecule has 1 atom stereocenters. The molecule has 0 bridgehead atoms. The van der Waals surface area contributed by atoms with Crippen LogP contribution in [0.3, 0.4) is 0 Å². The summed E-state index contributed by atoms with van der Waals surface area (Å²) in [4.78, 5) is 11.9. The van der Waals surface area contributed by atoms with Gasteiger partial charge in [-0.05, 0) is 43.5 Å². The number of nitrogens with one attached hydrogen (secondary N) is 2. The molecule has 0 radical (unpaired) electrons. The number of benzene rings is 1. The van der Waals surface area contributed by atoms with Crippen LogP contribution in [0.4, 0.5) is 0 Å². The van der Waals surface area contributed by atoms with Gasteiger partial charge in [-0.1, -0.05) is 12.1 Å². The monoisotopic (exact) mass is 248 g/mol. The van der Waals surface area contributed by atoms with Gasteiger partial charge in [0.2, 0.25) is 5.91 Å². The van der Waals surface area contributed by atoms with Crippen LogP contribution in [-0.4, -0.2) is 30.6 Å². The van der Waals surface area contributed by atoms with Crippen LogP contribution in [0.5, 0.6) is 5.75 Å². The van der Waals surface area contributed by atoms with Gasteiger partial charge in [0.05, 0.1) is 5.92 Å². The van der Waals surface area contributed by atoms with E-state index in [0.717, 1.165) is 37.9 Å². The molecule has 1 saturated heterocycles. The third-order valence-electron chi connectivity index (χ3n) is 3.32. The maximum atomic E-state index is 11.9. The fraction of sp³-hybridized carbons (Fsp3) is 0.500. The zero-order valence-corrected chi connectivity index (χ0v) is 10.5. The molecule has 3 N–H and O–H groups in total. The summed E-state index contributed by atoms with van der Waals surface area (Å²) < 4.78 is 0. The normalized spacial score (nSPS) is 19.4. The van der Waals surface area contributed by atoms with Gasteiger partial charge in [-0.2, -0.15) is 0 Å². The zero-order chi connectivity index (χ0) is 12.8. The predicted molar refractivity (Wildman–Crippen MR) is 70.4 cm³/mol. The Kier molecular flexibility index (Phi) is 4.59. The first-order chi connectivity index (χ1) is 8.75. The van der Waals surface area contributed by atoms with Crippen molar-refractivity contribution in [2.75, 3.05) is 19.6 Å². The molecule has 18 heavy (non-hydrogen) atoms. The summed E-state index contributed by atoms with van der Waals surface area (Å²) in [6.45, 7) is 2.47. The van der Waals surface area contributed by atoms with Crippen LogP contribution < -0.4 is 10.6 Å². The number of carbonyl (C=O) groups is 1. The molecule has 1 aliphatic heterocycles. The van der Waals surface area contributed by atoms with E-state index in [1.54, 1.807) is 12.1 Å². The van der Waals surface area contributed by atoms with Gasteiger partial charge in [-0.15, -0.1) is 0 Å². The molecular weight excluding hydrogens is 228 g/mol. The summed E-state index contributed by atoms with van der Waals surface area (Å²) >= 11 is 0. The molecular formula is C14H20N2O2. The summed E-state index contributed by atoms with van der Waals surface area (Å²) in [5, 5.41) is 15.4. The van der Waals surface area contributed by atoms with Crippen molar-refractivity contribution in [2.45, 2.75) is 19.3 Å². The van der Waals surface area contributed by atoms with E-state index in [2.05, 4.69) is 10.6 Å². The number of piperidine rings is 1. The standard InChI is InChI=1S/C14H20N2O2/c17-13-5-3-11(4-6-13)7-9-16-14(18)12-2-1-8-15-10-12/h3-6,12,15,17H,1-2,7-10H2,(H,16,18)/t12-/m0/s1. The lowest BCUT2D eigenvalue weighted by molar-refractivity contribution is -0.125. The number of hydrogen-bond donors (Lipinski definition) is 3. The largest absolute Gasteiger partial charge is 0.508 e. The molecule has 2 rings (SSSR count). The highest BCUT2D eigenvalue weighted by atomic mass is 16.3. The Morgan fingerprint density at radius 3 is 2.83 bits per heavy atom. The number of phenolic OH excluding ortho intramolecular Hbond substituents is 1. The minimum absolute atomic E-state index is 0.124. The molecule has 1 amide bonds. The molecule has 0 aromatic heterocycles. The molecule has 1 aliphatic rings. The number of amides is 1. The Bertz CT molecular complexity index is 383. The van der Waals surface area contributed by atoms with Gasteiger partial charge in [0.1, 0.15) is 5.75 Å². The Hall–Kier alpha value is -1.55. The number of phenols is 1. The fourth-order valence-corrected chi connectivity index (χ4v) is 2.21. The molecule has 0 saturated carbocycles. The van der Waals surface area contributed by atoms with Gasteiger partial charge in [0.25, 0.3) is 0 Å². The van der Waals surface area contributed by atoms with E-state index < -0.39 is 0 Å². The Morgan fingerprint density at radius 1 is 1.39 bits per heavy atom. The summed E-state index contributed by atoms with van der Waals surface area (Å²) in [5.74, 6) is 0.551. The molecule has 0 aliphatic carbocycles. The van der Waals surface area contributed by atoms with Crippen molar-refractivity contribution in [3.8, 4) is 5.75 Å². The Morgan fingerprint density at radius 2 is 2.17 bits per heavy atom. The molecule has 1 heterocycles. The van der Waals surface area contributed by atoms with E-state index in [9.17, 15) is 4.79 Å². The van der Waals surface area contributed by atoms with Crippen LogP contribution in [0.15, 0.2) is 24.3 Å². The number of rotatable bonds is 4. The zero-order valence-electron chi connectivity index (χ0n) is 10.5. The SMILES string of the molecule is O=C(NCCc1ccc(O)cc1)[C@H]1CCCNC1. The molecule has 4 heteroatoms. The van der Waals surface area contributed by atoms with E-state index in [-0.39, 0.29) is 17.6 Å². The summed E-state index contributed by atoms with van der Waals surface area (Å²) in [7, 11) is 0. The molecule has 1 aromatic carbocycles. The highest BCUT2D eigenvalue weighted by Gasteiger charge is 2.19. The second kappa shape index (κ2) is 6.40. The smallest absolute Gasteiger partial charge is 0.224 e. The molecule has 4 nitrogen and oxygen atoms in total. The summed E-state index contributed by atoms with van der Waals surface area (Å²) in [5.41, 5.74) is 1.12. The lowest BCUT2D eigenvalue weighted by atomic mass is 9.99. The number of aromatic hydroxyl groups is 1. The van der Waals surface area contributed by atoms with E-state index in [1.165, 1.54) is 0 Å². The van der Waals surface area contributed by atoms with Crippen molar-refractivity contribution in [3.05, 3.63) is 29.8 Å². The second-order valence-electron chi connectivity index (χ2n) is 4.75. The van der Waals surface area contributed by atoms with Crippen molar-refractivity contribution in [2.24, 2.45) is 5.92 Å². The predicted octanol–water partition coefficient (Wildman–Crippen LogP) is 1.05. The topological polar surface area (TPSA) is 61.4 Å². The molecule has 0 spiro atoms. The minimum atomic E-state index is 0.124. The van der Waals surface area contributed by atoms with Crippen LogP contribution in [0.25, 0.3) is 0 Å². The van der Waals surface area contributed by atoms with E-state index in [0.29, 0.717) is 6.54 Å². The molecule has 1 aromatic rings.